The average molecular weight is 419 g/mol. The van der Waals surface area contributed by atoms with Crippen LogP contribution in [0.3, 0.4) is 0 Å². The monoisotopic (exact) mass is 419 g/mol. The number of ether oxygens (including phenoxy) is 2. The Hall–Kier alpha value is -3.10. The summed E-state index contributed by atoms with van der Waals surface area (Å²) in [5, 5.41) is 7.34. The number of hydrogen-bond acceptors (Lipinski definition) is 6. The average Bonchev–Trinajstić information content (AvgIpc) is 2.72. The fourth-order valence-corrected chi connectivity index (χ4v) is 3.28. The Morgan fingerprint density at radius 2 is 1.83 bits per heavy atom. The van der Waals surface area contributed by atoms with Gasteiger partial charge in [-0.05, 0) is 37.8 Å². The summed E-state index contributed by atoms with van der Waals surface area (Å²) < 4.78 is 10.2. The van der Waals surface area contributed by atoms with Crippen molar-refractivity contribution in [1.29, 1.82) is 0 Å². The van der Waals surface area contributed by atoms with Crippen LogP contribution in [-0.2, 0) is 14.3 Å². The zero-order chi connectivity index (χ0) is 21.9. The number of nitrogens with one attached hydrogen (secondary N) is 3. The number of amides is 4. The summed E-state index contributed by atoms with van der Waals surface area (Å²) in [7, 11) is 0. The van der Waals surface area contributed by atoms with Crippen LogP contribution in [0.25, 0.3) is 0 Å². The van der Waals surface area contributed by atoms with Crippen LogP contribution in [0.4, 0.5) is 4.79 Å². The second-order valence-electron chi connectivity index (χ2n) is 7.16. The Morgan fingerprint density at radius 3 is 2.57 bits per heavy atom. The summed E-state index contributed by atoms with van der Waals surface area (Å²) >= 11 is 0. The quantitative estimate of drug-likeness (QED) is 0.552. The summed E-state index contributed by atoms with van der Waals surface area (Å²) in [4.78, 5) is 47.7. The summed E-state index contributed by atoms with van der Waals surface area (Å²) in [6, 6.07) is 6.07. The second kappa shape index (κ2) is 11.8. The minimum absolute atomic E-state index is 0.0314. The van der Waals surface area contributed by atoms with Crippen LogP contribution in [0, 0.1) is 5.92 Å². The van der Waals surface area contributed by atoms with Gasteiger partial charge in [0.05, 0.1) is 12.2 Å². The van der Waals surface area contributed by atoms with Crippen LogP contribution in [-0.4, -0.2) is 49.6 Å². The Bertz CT molecular complexity index is 767. The highest BCUT2D eigenvalue weighted by atomic mass is 16.5. The lowest BCUT2D eigenvalue weighted by Gasteiger charge is -2.29. The van der Waals surface area contributed by atoms with E-state index in [4.69, 9.17) is 9.47 Å². The number of para-hydroxylation sites is 1. The molecule has 0 heterocycles. The molecule has 2 atom stereocenters. The van der Waals surface area contributed by atoms with Crippen molar-refractivity contribution >= 4 is 23.8 Å². The smallest absolute Gasteiger partial charge is 0.325 e. The molecule has 0 aromatic heterocycles. The topological polar surface area (TPSA) is 123 Å². The molecule has 0 unspecified atom stereocenters. The van der Waals surface area contributed by atoms with E-state index in [0.29, 0.717) is 23.8 Å². The second-order valence-corrected chi connectivity index (χ2v) is 7.16. The third-order valence-electron chi connectivity index (χ3n) is 4.87. The number of benzene rings is 1. The standard InChI is InChI=1S/C21H29N3O6/c1-3-29-17-11-7-5-9-15(17)20(27)22-12-19(26)30-13-18(25)24-21(28)23-16-10-6-4-8-14(16)2/h5,7,9,11,14,16H,3-4,6,8,10,12-13H2,1-2H3,(H,22,27)(H2,23,24,25,28)/t14-,16-/m0/s1. The molecule has 0 radical (unpaired) electrons. The van der Waals surface area contributed by atoms with Crippen LogP contribution < -0.4 is 20.7 Å². The zero-order valence-corrected chi connectivity index (χ0v) is 17.4. The highest BCUT2D eigenvalue weighted by Crippen LogP contribution is 2.23. The fourth-order valence-electron chi connectivity index (χ4n) is 3.28. The molecule has 4 amide bonds. The van der Waals surface area contributed by atoms with Gasteiger partial charge in [0.1, 0.15) is 12.3 Å². The molecular formula is C21H29N3O6. The first-order chi connectivity index (χ1) is 14.4. The molecule has 1 fully saturated rings. The van der Waals surface area contributed by atoms with Crippen molar-refractivity contribution < 1.29 is 28.7 Å². The van der Waals surface area contributed by atoms with Crippen molar-refractivity contribution in [3.8, 4) is 5.75 Å². The van der Waals surface area contributed by atoms with Gasteiger partial charge in [0, 0.05) is 6.04 Å². The highest BCUT2D eigenvalue weighted by Gasteiger charge is 2.23. The molecule has 9 nitrogen and oxygen atoms in total. The van der Waals surface area contributed by atoms with E-state index in [-0.39, 0.29) is 6.04 Å². The minimum atomic E-state index is -0.797. The molecule has 0 aliphatic heterocycles. The maximum Gasteiger partial charge on any atom is 0.325 e. The van der Waals surface area contributed by atoms with Crippen LogP contribution in [0.1, 0.15) is 49.9 Å². The van der Waals surface area contributed by atoms with Gasteiger partial charge in [0.25, 0.3) is 11.8 Å². The molecule has 1 aromatic rings. The molecule has 1 saturated carbocycles. The van der Waals surface area contributed by atoms with Gasteiger partial charge in [-0.2, -0.15) is 0 Å². The van der Waals surface area contributed by atoms with Gasteiger partial charge in [-0.3, -0.25) is 19.7 Å². The van der Waals surface area contributed by atoms with Gasteiger partial charge in [-0.15, -0.1) is 0 Å². The van der Waals surface area contributed by atoms with Crippen LogP contribution in [0.2, 0.25) is 0 Å². The molecule has 2 rings (SSSR count). The molecule has 1 aliphatic rings. The largest absolute Gasteiger partial charge is 0.493 e. The molecule has 1 aliphatic carbocycles. The van der Waals surface area contributed by atoms with Gasteiger partial charge in [0.2, 0.25) is 0 Å². The number of rotatable bonds is 8. The molecule has 0 spiro atoms. The van der Waals surface area contributed by atoms with E-state index in [9.17, 15) is 19.2 Å². The molecule has 0 bridgehead atoms. The van der Waals surface area contributed by atoms with Crippen molar-refractivity contribution in [3.63, 3.8) is 0 Å². The normalized spacial score (nSPS) is 18.1. The number of carbonyl (C=O) groups is 4. The predicted octanol–water partition coefficient (Wildman–Crippen LogP) is 1.76. The van der Waals surface area contributed by atoms with E-state index in [1.807, 2.05) is 0 Å². The summed E-state index contributed by atoms with van der Waals surface area (Å²) in [5.74, 6) is -1.27. The lowest BCUT2D eigenvalue weighted by molar-refractivity contribution is -0.147. The van der Waals surface area contributed by atoms with E-state index >= 15 is 0 Å². The van der Waals surface area contributed by atoms with Gasteiger partial charge >= 0.3 is 12.0 Å². The predicted molar refractivity (Wildman–Crippen MR) is 109 cm³/mol. The molecule has 1 aromatic carbocycles. The van der Waals surface area contributed by atoms with E-state index in [2.05, 4.69) is 22.9 Å². The maximum atomic E-state index is 12.2. The molecule has 164 valence electrons. The molecule has 3 N–H and O–H groups in total. The molecule has 30 heavy (non-hydrogen) atoms. The minimum Gasteiger partial charge on any atom is -0.493 e. The molecule has 0 saturated heterocycles. The van der Waals surface area contributed by atoms with E-state index in [1.165, 1.54) is 0 Å². The Balaban J connectivity index is 1.69. The molecular weight excluding hydrogens is 390 g/mol. The van der Waals surface area contributed by atoms with Gasteiger partial charge in [-0.25, -0.2) is 4.79 Å². The Morgan fingerprint density at radius 1 is 1.10 bits per heavy atom. The lowest BCUT2D eigenvalue weighted by atomic mass is 9.86. The zero-order valence-electron chi connectivity index (χ0n) is 17.4. The summed E-state index contributed by atoms with van der Waals surface area (Å²) in [5.41, 5.74) is 0.290. The first kappa shape index (κ1) is 23.2. The summed E-state index contributed by atoms with van der Waals surface area (Å²) in [6.45, 7) is 3.23. The van der Waals surface area contributed by atoms with Crippen molar-refractivity contribution in [2.45, 2.75) is 45.6 Å². The van der Waals surface area contributed by atoms with Crippen molar-refractivity contribution in [2.24, 2.45) is 5.92 Å². The molecule has 9 heteroatoms. The van der Waals surface area contributed by atoms with Crippen LogP contribution in [0.5, 0.6) is 5.75 Å². The number of urea groups is 1. The van der Waals surface area contributed by atoms with Crippen LogP contribution in [0.15, 0.2) is 24.3 Å². The highest BCUT2D eigenvalue weighted by molar-refractivity contribution is 5.99. The van der Waals surface area contributed by atoms with Gasteiger partial charge in [0.15, 0.2) is 6.61 Å². The van der Waals surface area contributed by atoms with Crippen molar-refractivity contribution in [2.75, 3.05) is 19.8 Å². The number of hydrogen-bond donors (Lipinski definition) is 3. The van der Waals surface area contributed by atoms with Crippen molar-refractivity contribution in [3.05, 3.63) is 29.8 Å². The van der Waals surface area contributed by atoms with Gasteiger partial charge in [-0.1, -0.05) is 31.9 Å². The van der Waals surface area contributed by atoms with Crippen molar-refractivity contribution in [1.82, 2.24) is 16.0 Å². The maximum absolute atomic E-state index is 12.2. The Labute approximate surface area is 175 Å². The number of esters is 1. The van der Waals surface area contributed by atoms with Crippen LogP contribution >= 0.6 is 0 Å². The summed E-state index contributed by atoms with van der Waals surface area (Å²) in [6.07, 6.45) is 4.10. The number of imide groups is 1. The van der Waals surface area contributed by atoms with Gasteiger partial charge < -0.3 is 20.1 Å². The Kier molecular flexibility index (Phi) is 9.11. The number of carbonyl (C=O) groups excluding carboxylic acids is 4. The fraction of sp³-hybridized carbons (Fsp3) is 0.524. The van der Waals surface area contributed by atoms with E-state index in [1.54, 1.807) is 31.2 Å². The first-order valence-electron chi connectivity index (χ1n) is 10.2. The third-order valence-corrected chi connectivity index (χ3v) is 4.87. The van der Waals surface area contributed by atoms with E-state index in [0.717, 1.165) is 25.7 Å². The lowest BCUT2D eigenvalue weighted by Crippen LogP contribution is -2.48. The first-order valence-corrected chi connectivity index (χ1v) is 10.2. The SMILES string of the molecule is CCOc1ccccc1C(=O)NCC(=O)OCC(=O)NC(=O)N[C@H]1CCCC[C@@H]1C. The third kappa shape index (κ3) is 7.38. The van der Waals surface area contributed by atoms with E-state index < -0.39 is 37.0 Å².